The van der Waals surface area contributed by atoms with Crippen LogP contribution in [0, 0.1) is 0 Å². The van der Waals surface area contributed by atoms with E-state index in [1.807, 2.05) is 19.1 Å². The predicted octanol–water partition coefficient (Wildman–Crippen LogP) is 1.38. The standard InChI is InChI=1S/C13H20N2O3S/c1-2-6-15-12(16)5-7-14-9-11-4-3-10(19-11)8-13(17)18/h3-4,14H,2,5-9H2,1H3,(H,15,16)(H,17,18). The van der Waals surface area contributed by atoms with Crippen molar-refractivity contribution in [2.75, 3.05) is 13.1 Å². The van der Waals surface area contributed by atoms with Crippen LogP contribution in [0.5, 0.6) is 0 Å². The summed E-state index contributed by atoms with van der Waals surface area (Å²) in [4.78, 5) is 23.8. The highest BCUT2D eigenvalue weighted by Gasteiger charge is 2.05. The Hall–Kier alpha value is -1.40. The highest BCUT2D eigenvalue weighted by atomic mass is 32.1. The van der Waals surface area contributed by atoms with Gasteiger partial charge in [0, 0.05) is 35.8 Å². The summed E-state index contributed by atoms with van der Waals surface area (Å²) in [5, 5.41) is 14.7. The van der Waals surface area contributed by atoms with Gasteiger partial charge in [0.15, 0.2) is 0 Å². The Bertz CT molecular complexity index is 418. The zero-order chi connectivity index (χ0) is 14.1. The lowest BCUT2D eigenvalue weighted by molar-refractivity contribution is -0.136. The Labute approximate surface area is 117 Å². The molecule has 1 rings (SSSR count). The number of aliphatic carboxylic acids is 1. The van der Waals surface area contributed by atoms with Crippen LogP contribution in [-0.2, 0) is 22.6 Å². The van der Waals surface area contributed by atoms with Gasteiger partial charge in [0.25, 0.3) is 0 Å². The molecule has 0 fully saturated rings. The number of carboxylic acid groups (broad SMARTS) is 1. The van der Waals surface area contributed by atoms with Crippen LogP contribution in [0.15, 0.2) is 12.1 Å². The molecule has 0 aliphatic carbocycles. The molecule has 0 radical (unpaired) electrons. The topological polar surface area (TPSA) is 78.4 Å². The lowest BCUT2D eigenvalue weighted by atomic mass is 10.3. The minimum Gasteiger partial charge on any atom is -0.481 e. The molecule has 0 aromatic carbocycles. The summed E-state index contributed by atoms with van der Waals surface area (Å²) in [6.07, 6.45) is 1.48. The van der Waals surface area contributed by atoms with E-state index in [4.69, 9.17) is 5.11 Å². The van der Waals surface area contributed by atoms with Crippen molar-refractivity contribution < 1.29 is 14.7 Å². The van der Waals surface area contributed by atoms with Crippen molar-refractivity contribution in [2.24, 2.45) is 0 Å². The summed E-state index contributed by atoms with van der Waals surface area (Å²) in [6.45, 7) is 4.04. The van der Waals surface area contributed by atoms with E-state index >= 15 is 0 Å². The van der Waals surface area contributed by atoms with Gasteiger partial charge in [0.1, 0.15) is 0 Å². The number of hydrogen-bond acceptors (Lipinski definition) is 4. The summed E-state index contributed by atoms with van der Waals surface area (Å²) in [5.74, 6) is -0.749. The van der Waals surface area contributed by atoms with Gasteiger partial charge >= 0.3 is 5.97 Å². The van der Waals surface area contributed by atoms with E-state index in [0.717, 1.165) is 22.7 Å². The van der Waals surface area contributed by atoms with Crippen molar-refractivity contribution in [3.05, 3.63) is 21.9 Å². The predicted molar refractivity (Wildman–Crippen MR) is 75.3 cm³/mol. The molecule has 0 saturated carbocycles. The number of carboxylic acids is 1. The number of rotatable bonds is 9. The molecule has 19 heavy (non-hydrogen) atoms. The summed E-state index contributed by atoms with van der Waals surface area (Å²) >= 11 is 1.49. The maximum atomic E-state index is 11.3. The number of thiophene rings is 1. The third-order valence-electron chi connectivity index (χ3n) is 2.44. The number of hydrogen-bond donors (Lipinski definition) is 3. The molecule has 0 unspecified atom stereocenters. The SMILES string of the molecule is CCCNC(=O)CCNCc1ccc(CC(=O)O)s1. The van der Waals surface area contributed by atoms with E-state index in [1.165, 1.54) is 11.3 Å². The Morgan fingerprint density at radius 3 is 2.68 bits per heavy atom. The Morgan fingerprint density at radius 2 is 2.00 bits per heavy atom. The van der Waals surface area contributed by atoms with Crippen LogP contribution < -0.4 is 10.6 Å². The van der Waals surface area contributed by atoms with Gasteiger partial charge in [-0.2, -0.15) is 0 Å². The van der Waals surface area contributed by atoms with Gasteiger partial charge in [0.2, 0.25) is 5.91 Å². The average molecular weight is 284 g/mol. The van der Waals surface area contributed by atoms with Gasteiger partial charge in [0.05, 0.1) is 6.42 Å². The number of carbonyl (C=O) groups excluding carboxylic acids is 1. The van der Waals surface area contributed by atoms with Crippen LogP contribution in [0.25, 0.3) is 0 Å². The molecule has 0 atom stereocenters. The first kappa shape index (κ1) is 15.7. The number of carbonyl (C=O) groups is 2. The molecule has 0 aliphatic rings. The van der Waals surface area contributed by atoms with Crippen LogP contribution in [0.2, 0.25) is 0 Å². The molecule has 0 saturated heterocycles. The molecule has 0 aliphatic heterocycles. The minimum absolute atomic E-state index is 0.0621. The van der Waals surface area contributed by atoms with Crippen LogP contribution in [0.1, 0.15) is 29.5 Å². The van der Waals surface area contributed by atoms with Gasteiger partial charge in [-0.15, -0.1) is 11.3 Å². The third kappa shape index (κ3) is 6.93. The maximum Gasteiger partial charge on any atom is 0.308 e. The molecule has 1 aromatic heterocycles. The zero-order valence-corrected chi connectivity index (χ0v) is 11.9. The molecular formula is C13H20N2O3S. The normalized spacial score (nSPS) is 10.4. The fourth-order valence-corrected chi connectivity index (χ4v) is 2.51. The fraction of sp³-hybridized carbons (Fsp3) is 0.538. The van der Waals surface area contributed by atoms with Crippen LogP contribution in [-0.4, -0.2) is 30.1 Å². The second kappa shape index (κ2) is 8.66. The van der Waals surface area contributed by atoms with E-state index in [0.29, 0.717) is 19.5 Å². The first-order valence-corrected chi connectivity index (χ1v) is 7.20. The summed E-state index contributed by atoms with van der Waals surface area (Å²) < 4.78 is 0. The molecule has 5 nitrogen and oxygen atoms in total. The number of nitrogens with one attached hydrogen (secondary N) is 2. The largest absolute Gasteiger partial charge is 0.481 e. The summed E-state index contributed by atoms with van der Waals surface area (Å²) in [6, 6.07) is 3.76. The Morgan fingerprint density at radius 1 is 1.26 bits per heavy atom. The molecule has 1 amide bonds. The Kier molecular flexibility index (Phi) is 7.14. The van der Waals surface area contributed by atoms with Crippen LogP contribution in [0.3, 0.4) is 0 Å². The lowest BCUT2D eigenvalue weighted by Crippen LogP contribution is -2.27. The van der Waals surface area contributed by atoms with Crippen molar-refractivity contribution in [3.63, 3.8) is 0 Å². The molecule has 6 heteroatoms. The lowest BCUT2D eigenvalue weighted by Gasteiger charge is -2.04. The van der Waals surface area contributed by atoms with Crippen LogP contribution >= 0.6 is 11.3 Å². The minimum atomic E-state index is -0.811. The van der Waals surface area contributed by atoms with Crippen LogP contribution in [0.4, 0.5) is 0 Å². The molecule has 1 heterocycles. The third-order valence-corrected chi connectivity index (χ3v) is 3.53. The van der Waals surface area contributed by atoms with E-state index in [-0.39, 0.29) is 12.3 Å². The van der Waals surface area contributed by atoms with Gasteiger partial charge in [-0.1, -0.05) is 6.92 Å². The first-order chi connectivity index (χ1) is 9.11. The van der Waals surface area contributed by atoms with E-state index in [2.05, 4.69) is 10.6 Å². The molecule has 106 valence electrons. The smallest absolute Gasteiger partial charge is 0.308 e. The molecule has 0 spiro atoms. The molecular weight excluding hydrogens is 264 g/mol. The van der Waals surface area contributed by atoms with Crippen molar-refractivity contribution in [3.8, 4) is 0 Å². The van der Waals surface area contributed by atoms with Gasteiger partial charge < -0.3 is 15.7 Å². The maximum absolute atomic E-state index is 11.3. The van der Waals surface area contributed by atoms with Gasteiger partial charge in [-0.3, -0.25) is 9.59 Å². The zero-order valence-electron chi connectivity index (χ0n) is 11.1. The van der Waals surface area contributed by atoms with Gasteiger partial charge in [-0.05, 0) is 18.6 Å². The second-order valence-electron chi connectivity index (χ2n) is 4.22. The van der Waals surface area contributed by atoms with E-state index in [1.54, 1.807) is 0 Å². The van der Waals surface area contributed by atoms with Crippen molar-refractivity contribution in [1.29, 1.82) is 0 Å². The molecule has 0 bridgehead atoms. The highest BCUT2D eigenvalue weighted by Crippen LogP contribution is 2.16. The first-order valence-electron chi connectivity index (χ1n) is 6.38. The molecule has 3 N–H and O–H groups in total. The van der Waals surface area contributed by atoms with E-state index < -0.39 is 5.97 Å². The summed E-state index contributed by atoms with van der Waals surface area (Å²) in [5.41, 5.74) is 0. The number of amides is 1. The highest BCUT2D eigenvalue weighted by molar-refractivity contribution is 7.12. The monoisotopic (exact) mass is 284 g/mol. The summed E-state index contributed by atoms with van der Waals surface area (Å²) in [7, 11) is 0. The average Bonchev–Trinajstić information content (AvgIpc) is 2.79. The quantitative estimate of drug-likeness (QED) is 0.599. The van der Waals surface area contributed by atoms with Crippen molar-refractivity contribution in [2.45, 2.75) is 32.7 Å². The van der Waals surface area contributed by atoms with E-state index in [9.17, 15) is 9.59 Å². The Balaban J connectivity index is 2.17. The molecule has 1 aromatic rings. The second-order valence-corrected chi connectivity index (χ2v) is 5.47. The fourth-order valence-electron chi connectivity index (χ4n) is 1.53. The van der Waals surface area contributed by atoms with Crippen molar-refractivity contribution in [1.82, 2.24) is 10.6 Å². The van der Waals surface area contributed by atoms with Gasteiger partial charge in [-0.25, -0.2) is 0 Å². The van der Waals surface area contributed by atoms with Crippen molar-refractivity contribution >= 4 is 23.2 Å².